The highest BCUT2D eigenvalue weighted by Crippen LogP contribution is 2.25. The molecule has 49 heavy (non-hydrogen) atoms. The minimum Gasteiger partial charge on any atom is -0.364 e. The number of rotatable bonds is 6. The van der Waals surface area contributed by atoms with Crippen LogP contribution in [0.3, 0.4) is 0 Å². The monoisotopic (exact) mass is 707 g/mol. The molecule has 6 rings (SSSR count). The topological polar surface area (TPSA) is 56.0 Å². The van der Waals surface area contributed by atoms with Crippen molar-refractivity contribution in [2.24, 2.45) is 0 Å². The van der Waals surface area contributed by atoms with Gasteiger partial charge >= 0.3 is 0 Å². The van der Waals surface area contributed by atoms with E-state index in [1.54, 1.807) is 0 Å². The minimum absolute atomic E-state index is 0.0983. The smallest absolute Gasteiger partial charge is 0.129 e. The van der Waals surface area contributed by atoms with Crippen LogP contribution in [0.25, 0.3) is 11.0 Å². The summed E-state index contributed by atoms with van der Waals surface area (Å²) in [7, 11) is 0. The van der Waals surface area contributed by atoms with Gasteiger partial charge in [0, 0.05) is 30.2 Å². The third kappa shape index (κ3) is 14.0. The lowest BCUT2D eigenvalue weighted by molar-refractivity contribution is -0.106. The van der Waals surface area contributed by atoms with Gasteiger partial charge in [-0.15, -0.1) is 11.6 Å². The van der Waals surface area contributed by atoms with Gasteiger partial charge in [0.1, 0.15) is 12.1 Å². The summed E-state index contributed by atoms with van der Waals surface area (Å²) >= 11 is 11.6. The van der Waals surface area contributed by atoms with Crippen LogP contribution in [0.4, 0.5) is 0 Å². The molecule has 0 fully saturated rings. The van der Waals surface area contributed by atoms with Crippen LogP contribution in [-0.2, 0) is 30.8 Å². The van der Waals surface area contributed by atoms with Crippen molar-refractivity contribution < 1.29 is 4.79 Å². The maximum Gasteiger partial charge on any atom is 0.129 e. The number of aromatic nitrogens is 4. The van der Waals surface area contributed by atoms with E-state index in [1.807, 2.05) is 59.3 Å². The number of aryl methyl sites for hydroxylation is 4. The zero-order valence-electron chi connectivity index (χ0n) is 31.7. The zero-order valence-corrected chi connectivity index (χ0v) is 33.2. The van der Waals surface area contributed by atoms with E-state index in [-0.39, 0.29) is 5.38 Å². The standard InChI is InChI=1S/C19H23N5.C9H12.C7H8Cl2.C2H4O.2C2H6/c1-4-22-13-20-10-16(22)11-24-18-9-14(2)5-6-17(18)21-19(24)12-23-8-7-15(23)3;1-3-9-6-4-5-8(2)7-9;1-5-2-3-6(8)4-7(5)9;1-2-3;2*1-2/h5-10,13,15H,4,11-12H2,1-3H3;4-7H,3H2,1-2H3;2-3,6H,4H2,1H3;2H,1H3;2*1-2H3. The second-order valence-corrected chi connectivity index (χ2v) is 12.3. The Bertz CT molecular complexity index is 1630. The molecule has 0 N–H and O–H groups in total. The molecule has 1 aliphatic heterocycles. The Hall–Kier alpha value is -3.61. The highest BCUT2D eigenvalue weighted by molar-refractivity contribution is 6.31. The Balaban J connectivity index is 0.000000396. The van der Waals surface area contributed by atoms with Crippen molar-refractivity contribution in [3.8, 4) is 0 Å². The maximum atomic E-state index is 8.81. The molecule has 268 valence electrons. The largest absolute Gasteiger partial charge is 0.364 e. The van der Waals surface area contributed by atoms with Gasteiger partial charge in [0.25, 0.3) is 0 Å². The Kier molecular flexibility index (Phi) is 21.0. The lowest BCUT2D eigenvalue weighted by atomic mass is 10.1. The molecule has 0 spiro atoms. The Morgan fingerprint density at radius 2 is 1.63 bits per heavy atom. The molecule has 0 bridgehead atoms. The van der Waals surface area contributed by atoms with Crippen LogP contribution < -0.4 is 0 Å². The molecule has 2 aliphatic rings. The summed E-state index contributed by atoms with van der Waals surface area (Å²) < 4.78 is 4.53. The molecule has 0 saturated carbocycles. The summed E-state index contributed by atoms with van der Waals surface area (Å²) in [6.07, 6.45) is 14.8. The van der Waals surface area contributed by atoms with Crippen molar-refractivity contribution in [1.82, 2.24) is 24.0 Å². The second kappa shape index (κ2) is 23.7. The van der Waals surface area contributed by atoms with Gasteiger partial charge in [0.2, 0.25) is 0 Å². The first-order valence-electron chi connectivity index (χ1n) is 17.6. The molecule has 2 aromatic heterocycles. The van der Waals surface area contributed by atoms with E-state index in [0.29, 0.717) is 6.04 Å². The molecule has 1 aliphatic carbocycles. The number of hydrogen-bond acceptors (Lipinski definition) is 4. The van der Waals surface area contributed by atoms with Crippen LogP contribution >= 0.6 is 23.2 Å². The first-order chi connectivity index (χ1) is 23.6. The van der Waals surface area contributed by atoms with E-state index in [0.717, 1.165) is 60.7 Å². The number of aldehydes is 1. The van der Waals surface area contributed by atoms with Crippen LogP contribution in [0.15, 0.2) is 90.0 Å². The van der Waals surface area contributed by atoms with Crippen molar-refractivity contribution in [2.75, 3.05) is 0 Å². The number of allylic oxidation sites excluding steroid dienone is 4. The van der Waals surface area contributed by atoms with E-state index < -0.39 is 0 Å². The SMILES string of the molecule is CC.CC.CC1=C(Cl)CC(Cl)C=C1.CC=O.CCc1cccc(C)c1.CCn1cncc1Cn1c(CN2C=CC2C)nc2ccc(C)cc21. The van der Waals surface area contributed by atoms with Gasteiger partial charge in [0.05, 0.1) is 41.5 Å². The molecule has 2 aromatic carbocycles. The molecular weight excluding hydrogens is 649 g/mol. The zero-order chi connectivity index (χ0) is 36.9. The summed E-state index contributed by atoms with van der Waals surface area (Å²) in [5.41, 5.74) is 8.66. The number of benzene rings is 2. The summed E-state index contributed by atoms with van der Waals surface area (Å²) in [6, 6.07) is 15.6. The molecule has 6 nitrogen and oxygen atoms in total. The van der Waals surface area contributed by atoms with E-state index in [1.165, 1.54) is 34.8 Å². The van der Waals surface area contributed by atoms with Crippen molar-refractivity contribution in [1.29, 1.82) is 0 Å². The number of nitrogens with zero attached hydrogens (tertiary/aromatic N) is 5. The lowest BCUT2D eigenvalue weighted by Gasteiger charge is -2.32. The number of alkyl halides is 1. The van der Waals surface area contributed by atoms with Gasteiger partial charge in [-0.25, -0.2) is 9.97 Å². The van der Waals surface area contributed by atoms with E-state index in [2.05, 4.69) is 108 Å². The normalized spacial score (nSPS) is 15.5. The molecular formula is C41H59Cl2N5O. The van der Waals surface area contributed by atoms with Gasteiger partial charge < -0.3 is 18.8 Å². The number of fused-ring (bicyclic) bond motifs is 1. The molecule has 3 heterocycles. The first kappa shape index (κ1) is 43.4. The minimum atomic E-state index is 0.0983. The van der Waals surface area contributed by atoms with Crippen LogP contribution in [0.1, 0.15) is 96.9 Å². The Morgan fingerprint density at radius 3 is 2.14 bits per heavy atom. The van der Waals surface area contributed by atoms with Gasteiger partial charge in [-0.3, -0.25) is 0 Å². The summed E-state index contributed by atoms with van der Waals surface area (Å²) in [5, 5.41) is 0.985. The van der Waals surface area contributed by atoms with Crippen LogP contribution in [0.5, 0.6) is 0 Å². The van der Waals surface area contributed by atoms with Gasteiger partial charge in [0.15, 0.2) is 0 Å². The van der Waals surface area contributed by atoms with E-state index in [4.69, 9.17) is 33.0 Å². The van der Waals surface area contributed by atoms with Gasteiger partial charge in [-0.2, -0.15) is 0 Å². The van der Waals surface area contributed by atoms with Gasteiger partial charge in [-0.1, -0.05) is 94.3 Å². The van der Waals surface area contributed by atoms with Crippen molar-refractivity contribution in [2.45, 2.75) is 120 Å². The number of carbonyl (C=O) groups excluding carboxylic acids is 1. The van der Waals surface area contributed by atoms with Crippen molar-refractivity contribution in [3.05, 3.63) is 118 Å². The third-order valence-corrected chi connectivity index (χ3v) is 8.45. The highest BCUT2D eigenvalue weighted by atomic mass is 35.5. The van der Waals surface area contributed by atoms with Crippen LogP contribution in [-0.4, -0.2) is 41.7 Å². The fourth-order valence-electron chi connectivity index (χ4n) is 4.92. The second-order valence-electron chi connectivity index (χ2n) is 11.3. The van der Waals surface area contributed by atoms with E-state index in [9.17, 15) is 0 Å². The fraction of sp³-hybridized carbons (Fsp3) is 0.439. The van der Waals surface area contributed by atoms with Crippen LogP contribution in [0, 0.1) is 13.8 Å². The molecule has 8 heteroatoms. The number of imidazole rings is 2. The Labute approximate surface area is 306 Å². The van der Waals surface area contributed by atoms with Crippen molar-refractivity contribution in [3.63, 3.8) is 0 Å². The average Bonchev–Trinajstić information content (AvgIpc) is 3.71. The summed E-state index contributed by atoms with van der Waals surface area (Å²) in [4.78, 5) is 20.3. The number of carbonyl (C=O) groups is 1. The quantitative estimate of drug-likeness (QED) is 0.148. The predicted molar refractivity (Wildman–Crippen MR) is 213 cm³/mol. The molecule has 0 saturated heterocycles. The van der Waals surface area contributed by atoms with Crippen LogP contribution in [0.2, 0.25) is 0 Å². The lowest BCUT2D eigenvalue weighted by Crippen LogP contribution is -2.34. The highest BCUT2D eigenvalue weighted by Gasteiger charge is 2.20. The fourth-order valence-corrected chi connectivity index (χ4v) is 5.45. The predicted octanol–water partition coefficient (Wildman–Crippen LogP) is 11.2. The summed E-state index contributed by atoms with van der Waals surface area (Å²) in [6.45, 7) is 24.8. The van der Waals surface area contributed by atoms with Gasteiger partial charge in [-0.05, 0) is 89.1 Å². The Morgan fingerprint density at radius 1 is 0.959 bits per heavy atom. The number of hydrogen-bond donors (Lipinski definition) is 0. The molecule has 2 atom stereocenters. The molecule has 0 amide bonds. The van der Waals surface area contributed by atoms with E-state index >= 15 is 0 Å². The van der Waals surface area contributed by atoms with Crippen molar-refractivity contribution >= 4 is 40.5 Å². The molecule has 2 unspecified atom stereocenters. The molecule has 0 radical (unpaired) electrons. The summed E-state index contributed by atoms with van der Waals surface area (Å²) in [5.74, 6) is 1.11. The molecule has 4 aromatic rings. The first-order valence-corrected chi connectivity index (χ1v) is 18.4. The average molecular weight is 709 g/mol. The third-order valence-electron chi connectivity index (χ3n) is 7.69. The maximum absolute atomic E-state index is 8.81. The number of halogens is 2.